The lowest BCUT2D eigenvalue weighted by atomic mass is 9.98. The fraction of sp³-hybridized carbons (Fsp3) is 0.375. The van der Waals surface area contributed by atoms with Crippen LogP contribution in [0.1, 0.15) is 23.4 Å². The van der Waals surface area contributed by atoms with E-state index < -0.39 is 0 Å². The highest BCUT2D eigenvalue weighted by atomic mass is 16.5. The summed E-state index contributed by atoms with van der Waals surface area (Å²) < 4.78 is 10.4. The monoisotopic (exact) mass is 287 g/mol. The number of rotatable bonds is 2. The topological polar surface area (TPSA) is 59.8 Å². The fourth-order valence-corrected chi connectivity index (χ4v) is 2.76. The van der Waals surface area contributed by atoms with Crippen LogP contribution in [-0.4, -0.2) is 37.0 Å². The van der Waals surface area contributed by atoms with E-state index in [4.69, 9.17) is 9.15 Å². The highest BCUT2D eigenvalue weighted by molar-refractivity contribution is 5.96. The molecule has 1 amide bonds. The van der Waals surface area contributed by atoms with Crippen molar-refractivity contribution in [1.82, 2.24) is 4.90 Å². The zero-order valence-electron chi connectivity index (χ0n) is 11.9. The van der Waals surface area contributed by atoms with E-state index in [0.29, 0.717) is 24.4 Å². The number of hydrogen-bond acceptors (Lipinski definition) is 4. The number of ether oxygens (including phenoxy) is 1. The average Bonchev–Trinajstić information content (AvgIpc) is 2.97. The number of methoxy groups -OCH3 is 1. The van der Waals surface area contributed by atoms with Gasteiger partial charge in [-0.05, 0) is 25.0 Å². The van der Waals surface area contributed by atoms with Crippen molar-refractivity contribution in [3.05, 3.63) is 36.1 Å². The molecular weight excluding hydrogens is 270 g/mol. The van der Waals surface area contributed by atoms with Crippen LogP contribution in [0.2, 0.25) is 0 Å². The summed E-state index contributed by atoms with van der Waals surface area (Å²) >= 11 is 0. The normalized spacial score (nSPS) is 18.7. The fourth-order valence-electron chi connectivity index (χ4n) is 2.76. The summed E-state index contributed by atoms with van der Waals surface area (Å²) in [5.41, 5.74) is 0.697. The van der Waals surface area contributed by atoms with Crippen molar-refractivity contribution < 1.29 is 18.7 Å². The molecule has 0 bridgehead atoms. The zero-order chi connectivity index (χ0) is 14.8. The third-order valence-corrected chi connectivity index (χ3v) is 3.88. The number of furan rings is 1. The first-order valence-corrected chi connectivity index (χ1v) is 7.04. The van der Waals surface area contributed by atoms with E-state index in [1.165, 1.54) is 7.11 Å². The first-order chi connectivity index (χ1) is 10.2. The maximum absolute atomic E-state index is 12.5. The molecular formula is C16H17NO4. The van der Waals surface area contributed by atoms with Crippen LogP contribution in [0.3, 0.4) is 0 Å². The minimum absolute atomic E-state index is 0.167. The van der Waals surface area contributed by atoms with Crippen molar-refractivity contribution in [2.45, 2.75) is 12.8 Å². The summed E-state index contributed by atoms with van der Waals surface area (Å²) in [5, 5.41) is 0.905. The summed E-state index contributed by atoms with van der Waals surface area (Å²) in [6.07, 6.45) is 1.56. The Morgan fingerprint density at radius 2 is 2.14 bits per heavy atom. The Morgan fingerprint density at radius 1 is 1.33 bits per heavy atom. The maximum Gasteiger partial charge on any atom is 0.310 e. The van der Waals surface area contributed by atoms with Gasteiger partial charge in [-0.2, -0.15) is 0 Å². The quantitative estimate of drug-likeness (QED) is 0.796. The number of carbonyl (C=O) groups is 2. The van der Waals surface area contributed by atoms with Crippen molar-refractivity contribution in [2.24, 2.45) is 5.92 Å². The second-order valence-corrected chi connectivity index (χ2v) is 5.26. The number of carbonyl (C=O) groups excluding carboxylic acids is 2. The molecule has 1 aromatic carbocycles. The molecule has 3 rings (SSSR count). The van der Waals surface area contributed by atoms with Crippen LogP contribution < -0.4 is 0 Å². The lowest BCUT2D eigenvalue weighted by Gasteiger charge is -2.30. The van der Waals surface area contributed by atoms with Gasteiger partial charge in [0.1, 0.15) is 5.58 Å². The average molecular weight is 287 g/mol. The molecule has 0 unspecified atom stereocenters. The molecule has 5 nitrogen and oxygen atoms in total. The van der Waals surface area contributed by atoms with Crippen LogP contribution in [0.15, 0.2) is 34.7 Å². The zero-order valence-corrected chi connectivity index (χ0v) is 11.9. The Kier molecular flexibility index (Phi) is 3.64. The summed E-state index contributed by atoms with van der Waals surface area (Å²) in [6, 6.07) is 9.26. The molecule has 0 radical (unpaired) electrons. The van der Waals surface area contributed by atoms with E-state index in [9.17, 15) is 9.59 Å². The van der Waals surface area contributed by atoms with Crippen LogP contribution in [-0.2, 0) is 9.53 Å². The Labute approximate surface area is 122 Å². The maximum atomic E-state index is 12.5. The van der Waals surface area contributed by atoms with E-state index in [1.54, 1.807) is 11.0 Å². The van der Waals surface area contributed by atoms with Gasteiger partial charge < -0.3 is 14.1 Å². The smallest absolute Gasteiger partial charge is 0.310 e. The number of likely N-dealkylation sites (tertiary alicyclic amines) is 1. The van der Waals surface area contributed by atoms with Crippen molar-refractivity contribution in [3.8, 4) is 0 Å². The SMILES string of the molecule is COC(=O)[C@H]1CCCN(C(=O)c2cc3ccccc3o2)C1. The Bertz CT molecular complexity index is 643. The molecule has 1 aliphatic heterocycles. The second kappa shape index (κ2) is 5.60. The van der Waals surface area contributed by atoms with Crippen LogP contribution in [0.25, 0.3) is 11.0 Å². The number of piperidine rings is 1. The molecule has 0 spiro atoms. The third kappa shape index (κ3) is 2.63. The standard InChI is InChI=1S/C16H17NO4/c1-20-16(19)12-6-4-8-17(10-12)15(18)14-9-11-5-2-3-7-13(11)21-14/h2-3,5,7,9,12H,4,6,8,10H2,1H3/t12-/m0/s1. The summed E-state index contributed by atoms with van der Waals surface area (Å²) in [6.45, 7) is 1.03. The number of hydrogen-bond donors (Lipinski definition) is 0. The summed E-state index contributed by atoms with van der Waals surface area (Å²) in [4.78, 5) is 25.8. The molecule has 2 heterocycles. The van der Waals surface area contributed by atoms with E-state index in [-0.39, 0.29) is 17.8 Å². The Balaban J connectivity index is 1.79. The van der Waals surface area contributed by atoms with Crippen LogP contribution >= 0.6 is 0 Å². The van der Waals surface area contributed by atoms with Crippen molar-refractivity contribution in [1.29, 1.82) is 0 Å². The predicted octanol–water partition coefficient (Wildman–Crippen LogP) is 2.46. The van der Waals surface area contributed by atoms with Crippen LogP contribution in [0, 0.1) is 5.92 Å². The number of benzene rings is 1. The van der Waals surface area contributed by atoms with Gasteiger partial charge >= 0.3 is 5.97 Å². The molecule has 0 aliphatic carbocycles. The molecule has 21 heavy (non-hydrogen) atoms. The number of nitrogens with zero attached hydrogens (tertiary/aromatic N) is 1. The van der Waals surface area contributed by atoms with Crippen molar-refractivity contribution >= 4 is 22.8 Å². The van der Waals surface area contributed by atoms with Crippen molar-refractivity contribution in [2.75, 3.05) is 20.2 Å². The molecule has 1 saturated heterocycles. The van der Waals surface area contributed by atoms with E-state index >= 15 is 0 Å². The molecule has 1 aliphatic rings. The van der Waals surface area contributed by atoms with Gasteiger partial charge in [-0.1, -0.05) is 18.2 Å². The van der Waals surface area contributed by atoms with Gasteiger partial charge in [-0.3, -0.25) is 9.59 Å². The molecule has 0 saturated carbocycles. The van der Waals surface area contributed by atoms with Crippen LogP contribution in [0.5, 0.6) is 0 Å². The van der Waals surface area contributed by atoms with Gasteiger partial charge in [0.25, 0.3) is 5.91 Å². The molecule has 1 fully saturated rings. The van der Waals surface area contributed by atoms with Gasteiger partial charge in [0.05, 0.1) is 13.0 Å². The Hall–Kier alpha value is -2.30. The lowest BCUT2D eigenvalue weighted by Crippen LogP contribution is -2.42. The van der Waals surface area contributed by atoms with Gasteiger partial charge in [0.15, 0.2) is 5.76 Å². The molecule has 1 atom stereocenters. The minimum Gasteiger partial charge on any atom is -0.469 e. The number of fused-ring (bicyclic) bond motifs is 1. The largest absolute Gasteiger partial charge is 0.469 e. The Morgan fingerprint density at radius 3 is 2.90 bits per heavy atom. The van der Waals surface area contributed by atoms with Gasteiger partial charge in [0.2, 0.25) is 0 Å². The van der Waals surface area contributed by atoms with E-state index in [1.807, 2.05) is 24.3 Å². The highest BCUT2D eigenvalue weighted by Gasteiger charge is 2.30. The van der Waals surface area contributed by atoms with Gasteiger partial charge in [0, 0.05) is 18.5 Å². The van der Waals surface area contributed by atoms with E-state index in [2.05, 4.69) is 0 Å². The van der Waals surface area contributed by atoms with Gasteiger partial charge in [-0.15, -0.1) is 0 Å². The minimum atomic E-state index is -0.253. The molecule has 1 aromatic heterocycles. The molecule has 0 N–H and O–H groups in total. The molecule has 2 aromatic rings. The molecule has 110 valence electrons. The lowest BCUT2D eigenvalue weighted by molar-refractivity contribution is -0.146. The predicted molar refractivity (Wildman–Crippen MR) is 76.9 cm³/mol. The van der Waals surface area contributed by atoms with Crippen LogP contribution in [0.4, 0.5) is 0 Å². The number of para-hydroxylation sites is 1. The summed E-state index contributed by atoms with van der Waals surface area (Å²) in [5.74, 6) is -0.337. The van der Waals surface area contributed by atoms with Gasteiger partial charge in [-0.25, -0.2) is 0 Å². The first kappa shape index (κ1) is 13.7. The highest BCUT2D eigenvalue weighted by Crippen LogP contribution is 2.23. The second-order valence-electron chi connectivity index (χ2n) is 5.26. The summed E-state index contributed by atoms with van der Waals surface area (Å²) in [7, 11) is 1.38. The number of esters is 1. The first-order valence-electron chi connectivity index (χ1n) is 7.04. The third-order valence-electron chi connectivity index (χ3n) is 3.88. The van der Waals surface area contributed by atoms with Crippen molar-refractivity contribution in [3.63, 3.8) is 0 Å². The van der Waals surface area contributed by atoms with E-state index in [0.717, 1.165) is 18.2 Å². The molecule has 5 heteroatoms. The number of amides is 1.